The first-order valence-corrected chi connectivity index (χ1v) is 8.60. The van der Waals surface area contributed by atoms with Crippen molar-refractivity contribution in [1.82, 2.24) is 14.9 Å². The average molecular weight is 414 g/mol. The van der Waals surface area contributed by atoms with Gasteiger partial charge < -0.3 is 4.74 Å². The average Bonchev–Trinajstić information content (AvgIpc) is 3.02. The Kier molecular flexibility index (Phi) is 5.75. The number of aromatic amines is 1. The third kappa shape index (κ3) is 4.41. The van der Waals surface area contributed by atoms with E-state index >= 15 is 0 Å². The lowest BCUT2D eigenvalue weighted by Gasteiger charge is -2.11. The van der Waals surface area contributed by atoms with Crippen LogP contribution in [0.4, 0.5) is 0 Å². The molecule has 0 aliphatic rings. The summed E-state index contributed by atoms with van der Waals surface area (Å²) >= 11 is 23.4. The first kappa shape index (κ1) is 17.9. The van der Waals surface area contributed by atoms with Crippen molar-refractivity contribution in [3.8, 4) is 5.75 Å². The molecular weight excluding hydrogens is 403 g/mol. The van der Waals surface area contributed by atoms with E-state index < -0.39 is 0 Å². The molecule has 128 valence electrons. The number of H-pyrrole nitrogens is 1. The van der Waals surface area contributed by atoms with Crippen LogP contribution in [0.2, 0.25) is 15.1 Å². The molecule has 0 atom stereocenters. The van der Waals surface area contributed by atoms with Gasteiger partial charge >= 0.3 is 0 Å². The zero-order valence-electron chi connectivity index (χ0n) is 12.6. The van der Waals surface area contributed by atoms with E-state index in [0.29, 0.717) is 31.2 Å². The summed E-state index contributed by atoms with van der Waals surface area (Å²) in [6, 6.07) is 10.7. The topological polar surface area (TPSA) is 55.2 Å². The number of aromatic nitrogens is 3. The summed E-state index contributed by atoms with van der Waals surface area (Å²) in [6.07, 6.45) is 3.14. The number of ether oxygens (including phenoxy) is 1. The van der Waals surface area contributed by atoms with Gasteiger partial charge in [-0.25, -0.2) is 0 Å². The van der Waals surface area contributed by atoms with Crippen LogP contribution in [-0.2, 0) is 6.61 Å². The van der Waals surface area contributed by atoms with Crippen molar-refractivity contribution in [3.05, 3.63) is 73.7 Å². The Morgan fingerprint density at radius 1 is 1.20 bits per heavy atom. The van der Waals surface area contributed by atoms with Gasteiger partial charge in [-0.1, -0.05) is 46.9 Å². The van der Waals surface area contributed by atoms with Crippen LogP contribution in [0.1, 0.15) is 11.1 Å². The van der Waals surface area contributed by atoms with Gasteiger partial charge in [0.25, 0.3) is 0 Å². The van der Waals surface area contributed by atoms with E-state index in [4.69, 9.17) is 51.8 Å². The Balaban J connectivity index is 1.75. The van der Waals surface area contributed by atoms with Gasteiger partial charge in [0.15, 0.2) is 0 Å². The molecule has 5 nitrogen and oxygen atoms in total. The van der Waals surface area contributed by atoms with E-state index in [1.807, 2.05) is 24.3 Å². The van der Waals surface area contributed by atoms with Crippen LogP contribution >= 0.6 is 47.0 Å². The number of rotatable bonds is 5. The minimum absolute atomic E-state index is 0.200. The van der Waals surface area contributed by atoms with Gasteiger partial charge in [0.1, 0.15) is 18.7 Å². The molecule has 0 saturated carbocycles. The highest BCUT2D eigenvalue weighted by atomic mass is 35.5. The SMILES string of the molecule is S=c1[nH]ncn1/N=C/c1cccc(OCc2c(Cl)ccc(Cl)c2Cl)c1. The second-order valence-corrected chi connectivity index (χ2v) is 6.51. The summed E-state index contributed by atoms with van der Waals surface area (Å²) in [7, 11) is 0. The van der Waals surface area contributed by atoms with E-state index in [-0.39, 0.29) is 6.61 Å². The number of nitrogens with zero attached hydrogens (tertiary/aromatic N) is 3. The Morgan fingerprint density at radius 2 is 2.00 bits per heavy atom. The Morgan fingerprint density at radius 3 is 2.76 bits per heavy atom. The standard InChI is InChI=1S/C16H11Cl3N4OS/c17-13-4-5-14(18)15(19)12(13)8-24-11-3-1-2-10(6-11)7-21-23-9-20-22-16(23)25/h1-7,9H,8H2,(H,22,25)/b21-7+. The highest BCUT2D eigenvalue weighted by molar-refractivity contribution is 7.71. The molecule has 1 N–H and O–H groups in total. The zero-order valence-corrected chi connectivity index (χ0v) is 15.7. The summed E-state index contributed by atoms with van der Waals surface area (Å²) in [6.45, 7) is 0.200. The fourth-order valence-electron chi connectivity index (χ4n) is 2.00. The molecule has 1 aromatic heterocycles. The van der Waals surface area contributed by atoms with Gasteiger partial charge in [0.2, 0.25) is 4.77 Å². The molecule has 0 saturated heterocycles. The van der Waals surface area contributed by atoms with Gasteiger partial charge in [-0.05, 0) is 42.0 Å². The zero-order chi connectivity index (χ0) is 17.8. The van der Waals surface area contributed by atoms with Gasteiger partial charge in [0.05, 0.1) is 16.3 Å². The lowest BCUT2D eigenvalue weighted by Crippen LogP contribution is -1.98. The van der Waals surface area contributed by atoms with Gasteiger partial charge in [-0.3, -0.25) is 5.10 Å². The molecule has 0 aliphatic carbocycles. The molecule has 0 bridgehead atoms. The molecule has 0 unspecified atom stereocenters. The van der Waals surface area contributed by atoms with Crippen LogP contribution < -0.4 is 4.74 Å². The quantitative estimate of drug-likeness (QED) is 0.348. The highest BCUT2D eigenvalue weighted by Crippen LogP contribution is 2.32. The first-order chi connectivity index (χ1) is 12.0. The summed E-state index contributed by atoms with van der Waals surface area (Å²) in [5.74, 6) is 0.645. The van der Waals surface area contributed by atoms with Crippen molar-refractivity contribution in [2.75, 3.05) is 0 Å². The third-order valence-corrected chi connectivity index (χ3v) is 4.72. The fraction of sp³-hybridized carbons (Fsp3) is 0.0625. The minimum Gasteiger partial charge on any atom is -0.489 e. The number of hydrogen-bond acceptors (Lipinski definition) is 4. The summed E-state index contributed by atoms with van der Waals surface area (Å²) < 4.78 is 7.64. The van der Waals surface area contributed by atoms with Crippen molar-refractivity contribution in [2.45, 2.75) is 6.61 Å². The molecule has 0 aliphatic heterocycles. The van der Waals surface area contributed by atoms with Gasteiger partial charge in [0, 0.05) is 10.6 Å². The smallest absolute Gasteiger partial charge is 0.216 e. The Labute approximate surface area is 163 Å². The number of nitrogens with one attached hydrogen (secondary N) is 1. The molecule has 3 aromatic rings. The van der Waals surface area contributed by atoms with Crippen LogP contribution in [-0.4, -0.2) is 21.1 Å². The summed E-state index contributed by atoms with van der Waals surface area (Å²) in [4.78, 5) is 0. The summed E-state index contributed by atoms with van der Waals surface area (Å²) in [5, 5.41) is 12.0. The third-order valence-electron chi connectivity index (χ3n) is 3.25. The monoisotopic (exact) mass is 412 g/mol. The van der Waals surface area contributed by atoms with E-state index in [0.717, 1.165) is 5.56 Å². The highest BCUT2D eigenvalue weighted by Gasteiger charge is 2.10. The Bertz CT molecular complexity index is 984. The minimum atomic E-state index is 0.200. The van der Waals surface area contributed by atoms with Crippen LogP contribution in [0, 0.1) is 4.77 Å². The Hall–Kier alpha value is -1.86. The van der Waals surface area contributed by atoms with Crippen LogP contribution in [0.25, 0.3) is 0 Å². The van der Waals surface area contributed by atoms with Crippen molar-refractivity contribution < 1.29 is 4.74 Å². The van der Waals surface area contributed by atoms with Crippen molar-refractivity contribution >= 4 is 53.2 Å². The molecule has 2 aromatic carbocycles. The van der Waals surface area contributed by atoms with Crippen molar-refractivity contribution in [1.29, 1.82) is 0 Å². The fourth-order valence-corrected chi connectivity index (χ4v) is 2.80. The maximum absolute atomic E-state index is 6.18. The second-order valence-electron chi connectivity index (χ2n) is 4.93. The van der Waals surface area contributed by atoms with Crippen molar-refractivity contribution in [2.24, 2.45) is 5.10 Å². The number of hydrogen-bond donors (Lipinski definition) is 1. The first-order valence-electron chi connectivity index (χ1n) is 7.06. The molecular formula is C16H11Cl3N4OS. The number of benzene rings is 2. The molecule has 3 rings (SSSR count). The molecule has 0 radical (unpaired) electrons. The normalized spacial score (nSPS) is 11.2. The number of halogens is 3. The molecule has 25 heavy (non-hydrogen) atoms. The summed E-state index contributed by atoms with van der Waals surface area (Å²) in [5.41, 5.74) is 1.48. The lowest BCUT2D eigenvalue weighted by atomic mass is 10.2. The molecule has 0 fully saturated rings. The van der Waals surface area contributed by atoms with E-state index in [1.165, 1.54) is 11.0 Å². The van der Waals surface area contributed by atoms with Crippen LogP contribution in [0.15, 0.2) is 47.8 Å². The van der Waals surface area contributed by atoms with Crippen LogP contribution in [0.5, 0.6) is 5.75 Å². The maximum Gasteiger partial charge on any atom is 0.216 e. The van der Waals surface area contributed by atoms with Gasteiger partial charge in [-0.15, -0.1) is 0 Å². The largest absolute Gasteiger partial charge is 0.489 e. The van der Waals surface area contributed by atoms with E-state index in [1.54, 1.807) is 18.3 Å². The van der Waals surface area contributed by atoms with E-state index in [2.05, 4.69) is 15.3 Å². The second kappa shape index (κ2) is 8.01. The molecule has 0 spiro atoms. The molecule has 9 heteroatoms. The predicted octanol–water partition coefficient (Wildman–Crippen LogP) is 5.36. The van der Waals surface area contributed by atoms with Crippen LogP contribution in [0.3, 0.4) is 0 Å². The predicted molar refractivity (Wildman–Crippen MR) is 103 cm³/mol. The maximum atomic E-state index is 6.18. The molecule has 0 amide bonds. The lowest BCUT2D eigenvalue weighted by molar-refractivity contribution is 0.306. The van der Waals surface area contributed by atoms with Gasteiger partial charge in [-0.2, -0.15) is 14.9 Å². The van der Waals surface area contributed by atoms with Crippen molar-refractivity contribution in [3.63, 3.8) is 0 Å². The van der Waals surface area contributed by atoms with E-state index in [9.17, 15) is 0 Å². The molecule has 1 heterocycles.